The van der Waals surface area contributed by atoms with Gasteiger partial charge in [-0.05, 0) is 30.5 Å². The van der Waals surface area contributed by atoms with Crippen molar-refractivity contribution in [1.82, 2.24) is 0 Å². The van der Waals surface area contributed by atoms with Crippen LogP contribution in [0.1, 0.15) is 24.4 Å². The van der Waals surface area contributed by atoms with Crippen molar-refractivity contribution in [2.24, 2.45) is 5.73 Å². The fraction of sp³-hybridized carbons (Fsp3) is 0.273. The van der Waals surface area contributed by atoms with Gasteiger partial charge in [-0.1, -0.05) is 18.2 Å². The monoisotopic (exact) mass is 213 g/mol. The number of rotatable bonds is 4. The average Bonchev–Trinajstić information content (AvgIpc) is 2.15. The van der Waals surface area contributed by atoms with E-state index in [0.29, 0.717) is 0 Å². The van der Waals surface area contributed by atoms with Crippen LogP contribution in [0.5, 0.6) is 5.75 Å². The summed E-state index contributed by atoms with van der Waals surface area (Å²) in [6, 6.07) is 7.05. The molecule has 1 aromatic carbocycles. The Morgan fingerprint density at radius 3 is 2.43 bits per heavy atom. The summed E-state index contributed by atoms with van der Waals surface area (Å²) in [6.07, 6.45) is 3.68. The van der Waals surface area contributed by atoms with Crippen LogP contribution < -0.4 is 5.73 Å². The molecule has 3 heteroatoms. The molecule has 0 unspecified atom stereocenters. The lowest BCUT2D eigenvalue weighted by Crippen LogP contribution is -2.09. The van der Waals surface area contributed by atoms with Gasteiger partial charge in [0.15, 0.2) is 0 Å². The van der Waals surface area contributed by atoms with Crippen molar-refractivity contribution in [3.63, 3.8) is 0 Å². The zero-order valence-electron chi connectivity index (χ0n) is 8.02. The van der Waals surface area contributed by atoms with E-state index in [1.165, 1.54) is 0 Å². The van der Waals surface area contributed by atoms with E-state index in [9.17, 15) is 0 Å². The van der Waals surface area contributed by atoms with E-state index in [-0.39, 0.29) is 24.2 Å². The summed E-state index contributed by atoms with van der Waals surface area (Å²) < 4.78 is 0. The minimum Gasteiger partial charge on any atom is -0.508 e. The number of nitrogens with two attached hydrogens (primary N) is 1. The first kappa shape index (κ1) is 13.0. The molecule has 3 N–H and O–H groups in total. The van der Waals surface area contributed by atoms with Crippen molar-refractivity contribution in [2.45, 2.75) is 18.9 Å². The Morgan fingerprint density at radius 2 is 1.93 bits per heavy atom. The maximum atomic E-state index is 9.06. The van der Waals surface area contributed by atoms with Gasteiger partial charge in [-0.2, -0.15) is 0 Å². The molecule has 0 saturated carbocycles. The van der Waals surface area contributed by atoms with Crippen LogP contribution >= 0.6 is 12.4 Å². The van der Waals surface area contributed by atoms with Crippen LogP contribution in [0.2, 0.25) is 0 Å². The highest BCUT2D eigenvalue weighted by Gasteiger charge is 2.03. The predicted molar refractivity (Wildman–Crippen MR) is 61.7 cm³/mol. The Balaban J connectivity index is 0.00000169. The average molecular weight is 214 g/mol. The molecule has 0 aromatic heterocycles. The van der Waals surface area contributed by atoms with Crippen LogP contribution in [0.3, 0.4) is 0 Å². The quantitative estimate of drug-likeness (QED) is 0.756. The minimum absolute atomic E-state index is 0. The maximum absolute atomic E-state index is 9.06. The first-order valence-corrected chi connectivity index (χ1v) is 4.39. The number of halogens is 1. The van der Waals surface area contributed by atoms with Gasteiger partial charge in [0, 0.05) is 6.04 Å². The molecule has 0 saturated heterocycles. The van der Waals surface area contributed by atoms with Gasteiger partial charge in [-0.15, -0.1) is 19.0 Å². The molecule has 1 aromatic rings. The van der Waals surface area contributed by atoms with Gasteiger partial charge < -0.3 is 10.8 Å². The van der Waals surface area contributed by atoms with E-state index in [1.807, 2.05) is 18.2 Å². The molecule has 1 atom stereocenters. The van der Waals surface area contributed by atoms with Crippen molar-refractivity contribution >= 4 is 12.4 Å². The molecule has 0 spiro atoms. The van der Waals surface area contributed by atoms with E-state index in [4.69, 9.17) is 10.8 Å². The van der Waals surface area contributed by atoms with Crippen molar-refractivity contribution in [1.29, 1.82) is 0 Å². The summed E-state index contributed by atoms with van der Waals surface area (Å²) in [5.41, 5.74) is 6.96. The fourth-order valence-corrected chi connectivity index (χ4v) is 1.19. The highest BCUT2D eigenvalue weighted by molar-refractivity contribution is 5.85. The normalized spacial score (nSPS) is 11.5. The van der Waals surface area contributed by atoms with E-state index >= 15 is 0 Å². The SMILES string of the molecule is C=CCC[C@@H](N)c1ccc(O)cc1.Cl. The van der Waals surface area contributed by atoms with Crippen LogP contribution in [0.15, 0.2) is 36.9 Å². The highest BCUT2D eigenvalue weighted by atomic mass is 35.5. The molecule has 0 radical (unpaired) electrons. The molecule has 78 valence electrons. The molecule has 0 heterocycles. The number of phenolic OH excluding ortho intramolecular Hbond substituents is 1. The Bertz CT molecular complexity index is 271. The summed E-state index contributed by atoms with van der Waals surface area (Å²) in [6.45, 7) is 3.64. The molecule has 2 nitrogen and oxygen atoms in total. The van der Waals surface area contributed by atoms with Gasteiger partial charge in [0.25, 0.3) is 0 Å². The van der Waals surface area contributed by atoms with Gasteiger partial charge in [0.05, 0.1) is 0 Å². The molecule has 1 rings (SSSR count). The molecular weight excluding hydrogens is 198 g/mol. The number of phenols is 1. The second kappa shape index (κ2) is 6.46. The molecule has 14 heavy (non-hydrogen) atoms. The molecule has 0 fully saturated rings. The van der Waals surface area contributed by atoms with Crippen LogP contribution in [0, 0.1) is 0 Å². The first-order chi connectivity index (χ1) is 6.24. The standard InChI is InChI=1S/C11H15NO.ClH/c1-2-3-4-11(12)9-5-7-10(13)8-6-9;/h2,5-8,11,13H,1,3-4,12H2;1H/t11-;/m1./s1. The summed E-state index contributed by atoms with van der Waals surface area (Å²) in [4.78, 5) is 0. The Kier molecular flexibility index (Phi) is 6.00. The molecule has 0 amide bonds. The molecule has 0 aliphatic heterocycles. The fourth-order valence-electron chi connectivity index (χ4n) is 1.19. The molecule has 0 aliphatic carbocycles. The van der Waals surface area contributed by atoms with Gasteiger partial charge >= 0.3 is 0 Å². The van der Waals surface area contributed by atoms with E-state index in [0.717, 1.165) is 18.4 Å². The lowest BCUT2D eigenvalue weighted by molar-refractivity contribution is 0.474. The lowest BCUT2D eigenvalue weighted by Gasteiger charge is -2.10. The van der Waals surface area contributed by atoms with Crippen molar-refractivity contribution < 1.29 is 5.11 Å². The summed E-state index contributed by atoms with van der Waals surface area (Å²) >= 11 is 0. The van der Waals surface area contributed by atoms with E-state index in [2.05, 4.69) is 6.58 Å². The second-order valence-electron chi connectivity index (χ2n) is 3.06. The number of benzene rings is 1. The number of hydrogen-bond acceptors (Lipinski definition) is 2. The second-order valence-corrected chi connectivity index (χ2v) is 3.06. The van der Waals surface area contributed by atoms with Gasteiger partial charge in [-0.3, -0.25) is 0 Å². The Hall–Kier alpha value is -0.990. The van der Waals surface area contributed by atoms with Crippen LogP contribution in [-0.4, -0.2) is 5.11 Å². The smallest absolute Gasteiger partial charge is 0.115 e. The third-order valence-electron chi connectivity index (χ3n) is 2.00. The topological polar surface area (TPSA) is 46.2 Å². The summed E-state index contributed by atoms with van der Waals surface area (Å²) in [5, 5.41) is 9.06. The van der Waals surface area contributed by atoms with E-state index in [1.54, 1.807) is 12.1 Å². The largest absolute Gasteiger partial charge is 0.508 e. The minimum atomic E-state index is 0. The maximum Gasteiger partial charge on any atom is 0.115 e. The van der Waals surface area contributed by atoms with Crippen LogP contribution in [0.25, 0.3) is 0 Å². The highest BCUT2D eigenvalue weighted by Crippen LogP contribution is 2.18. The third kappa shape index (κ3) is 3.81. The Morgan fingerprint density at radius 1 is 1.36 bits per heavy atom. The van der Waals surface area contributed by atoms with Crippen molar-refractivity contribution in [3.8, 4) is 5.75 Å². The summed E-state index contributed by atoms with van der Waals surface area (Å²) in [5.74, 6) is 0.277. The van der Waals surface area contributed by atoms with E-state index < -0.39 is 0 Å². The number of allylic oxidation sites excluding steroid dienone is 1. The molecular formula is C11H16ClNO. The number of aromatic hydroxyl groups is 1. The van der Waals surface area contributed by atoms with Crippen LogP contribution in [0.4, 0.5) is 0 Å². The van der Waals surface area contributed by atoms with Gasteiger partial charge in [0.2, 0.25) is 0 Å². The van der Waals surface area contributed by atoms with Crippen LogP contribution in [-0.2, 0) is 0 Å². The molecule has 0 aliphatic rings. The van der Waals surface area contributed by atoms with Crippen molar-refractivity contribution in [2.75, 3.05) is 0 Å². The zero-order valence-corrected chi connectivity index (χ0v) is 8.83. The summed E-state index contributed by atoms with van der Waals surface area (Å²) in [7, 11) is 0. The third-order valence-corrected chi connectivity index (χ3v) is 2.00. The molecule has 0 bridgehead atoms. The number of hydrogen-bond donors (Lipinski definition) is 2. The lowest BCUT2D eigenvalue weighted by atomic mass is 10.0. The van der Waals surface area contributed by atoms with Crippen molar-refractivity contribution in [3.05, 3.63) is 42.5 Å². The van der Waals surface area contributed by atoms with Gasteiger partial charge in [-0.25, -0.2) is 0 Å². The predicted octanol–water partition coefficient (Wildman–Crippen LogP) is 2.78. The first-order valence-electron chi connectivity index (χ1n) is 4.39. The Labute approximate surface area is 90.9 Å². The zero-order chi connectivity index (χ0) is 9.68. The van der Waals surface area contributed by atoms with Gasteiger partial charge in [0.1, 0.15) is 5.75 Å².